The molecule has 0 aliphatic carbocycles. The summed E-state index contributed by atoms with van der Waals surface area (Å²) in [5.74, 6) is 0.166. The first-order valence-corrected chi connectivity index (χ1v) is 8.71. The van der Waals surface area contributed by atoms with Crippen molar-refractivity contribution in [1.29, 1.82) is 0 Å². The van der Waals surface area contributed by atoms with Crippen molar-refractivity contribution in [1.82, 2.24) is 10.2 Å². The number of nitrogens with zero attached hydrogens (tertiary/aromatic N) is 1. The highest BCUT2D eigenvalue weighted by Gasteiger charge is 2.36. The molecular formula is C19H29N3O2. The molecule has 3 unspecified atom stereocenters. The number of carbonyl (C=O) groups is 2. The number of hydrogen-bond donors (Lipinski definition) is 2. The van der Waals surface area contributed by atoms with E-state index < -0.39 is 6.04 Å². The van der Waals surface area contributed by atoms with Gasteiger partial charge in [0.2, 0.25) is 5.91 Å². The Bertz CT molecular complexity index is 583. The molecule has 0 saturated carbocycles. The van der Waals surface area contributed by atoms with Crippen LogP contribution in [0, 0.1) is 18.8 Å². The van der Waals surface area contributed by atoms with Gasteiger partial charge >= 0.3 is 0 Å². The monoisotopic (exact) mass is 331 g/mol. The number of aryl methyl sites for hydroxylation is 1. The number of likely N-dealkylation sites (tertiary alicyclic amines) is 1. The lowest BCUT2D eigenvalue weighted by atomic mass is 10.0. The zero-order valence-corrected chi connectivity index (χ0v) is 15.1. The zero-order chi connectivity index (χ0) is 17.9. The van der Waals surface area contributed by atoms with Crippen molar-refractivity contribution >= 4 is 11.8 Å². The van der Waals surface area contributed by atoms with Crippen LogP contribution in [0.25, 0.3) is 0 Å². The van der Waals surface area contributed by atoms with E-state index in [-0.39, 0.29) is 23.8 Å². The summed E-state index contributed by atoms with van der Waals surface area (Å²) in [4.78, 5) is 27.3. The molecule has 1 aromatic carbocycles. The molecule has 3 atom stereocenters. The summed E-state index contributed by atoms with van der Waals surface area (Å²) < 4.78 is 0. The first-order valence-electron chi connectivity index (χ1n) is 8.71. The smallest absolute Gasteiger partial charge is 0.251 e. The molecule has 3 N–H and O–H groups in total. The summed E-state index contributed by atoms with van der Waals surface area (Å²) in [6.45, 7) is 9.21. The van der Waals surface area contributed by atoms with E-state index in [0.717, 1.165) is 12.0 Å². The van der Waals surface area contributed by atoms with Crippen LogP contribution in [0.4, 0.5) is 0 Å². The molecule has 1 aliphatic rings. The van der Waals surface area contributed by atoms with E-state index in [1.54, 1.807) is 12.1 Å². The highest BCUT2D eigenvalue weighted by Crippen LogP contribution is 2.24. The fourth-order valence-corrected chi connectivity index (χ4v) is 3.24. The third-order valence-electron chi connectivity index (χ3n) is 4.81. The average Bonchev–Trinajstić information content (AvgIpc) is 2.93. The van der Waals surface area contributed by atoms with Gasteiger partial charge in [-0.15, -0.1) is 0 Å². The summed E-state index contributed by atoms with van der Waals surface area (Å²) in [5.41, 5.74) is 7.43. The summed E-state index contributed by atoms with van der Waals surface area (Å²) in [7, 11) is 0. The van der Waals surface area contributed by atoms with Gasteiger partial charge in [0.05, 0.1) is 0 Å². The summed E-state index contributed by atoms with van der Waals surface area (Å²) in [6, 6.07) is 7.02. The third-order valence-corrected chi connectivity index (χ3v) is 4.81. The maximum absolute atomic E-state index is 13.0. The fraction of sp³-hybridized carbons (Fsp3) is 0.579. The van der Waals surface area contributed by atoms with Gasteiger partial charge in [0.15, 0.2) is 0 Å². The van der Waals surface area contributed by atoms with Crippen LogP contribution < -0.4 is 11.1 Å². The van der Waals surface area contributed by atoms with Crippen LogP contribution in [0.5, 0.6) is 0 Å². The van der Waals surface area contributed by atoms with Crippen LogP contribution in [-0.2, 0) is 4.79 Å². The van der Waals surface area contributed by atoms with Gasteiger partial charge in [-0.1, -0.05) is 31.5 Å². The first kappa shape index (κ1) is 18.5. The SMILES string of the molecule is Cc1ccc(C(=O)NC(C(=O)N2CC(CN)CC2C)C(C)C)cc1. The molecule has 1 heterocycles. The summed E-state index contributed by atoms with van der Waals surface area (Å²) in [6.07, 6.45) is 0.930. The molecular weight excluding hydrogens is 302 g/mol. The zero-order valence-electron chi connectivity index (χ0n) is 15.1. The average molecular weight is 331 g/mol. The lowest BCUT2D eigenvalue weighted by Crippen LogP contribution is -2.52. The highest BCUT2D eigenvalue weighted by atomic mass is 16.2. The molecule has 5 nitrogen and oxygen atoms in total. The van der Waals surface area contributed by atoms with E-state index >= 15 is 0 Å². The van der Waals surface area contributed by atoms with Gasteiger partial charge in [0.1, 0.15) is 6.04 Å². The van der Waals surface area contributed by atoms with Crippen LogP contribution in [0.15, 0.2) is 24.3 Å². The van der Waals surface area contributed by atoms with Crippen molar-refractivity contribution in [2.75, 3.05) is 13.1 Å². The normalized spacial score (nSPS) is 21.8. The molecule has 0 bridgehead atoms. The molecule has 5 heteroatoms. The molecule has 1 fully saturated rings. The Hall–Kier alpha value is -1.88. The van der Waals surface area contributed by atoms with Crippen molar-refractivity contribution in [3.63, 3.8) is 0 Å². The Morgan fingerprint density at radius 2 is 1.92 bits per heavy atom. The van der Waals surface area contributed by atoms with Crippen molar-refractivity contribution < 1.29 is 9.59 Å². The second-order valence-electron chi connectivity index (χ2n) is 7.24. The van der Waals surface area contributed by atoms with Crippen LogP contribution in [0.1, 0.15) is 43.1 Å². The number of rotatable bonds is 5. The minimum absolute atomic E-state index is 0.00564. The quantitative estimate of drug-likeness (QED) is 0.866. The van der Waals surface area contributed by atoms with Crippen LogP contribution in [0.3, 0.4) is 0 Å². The molecule has 1 saturated heterocycles. The maximum Gasteiger partial charge on any atom is 0.251 e. The number of benzene rings is 1. The van der Waals surface area contributed by atoms with E-state index in [1.165, 1.54) is 0 Å². The Morgan fingerprint density at radius 3 is 2.42 bits per heavy atom. The number of carbonyl (C=O) groups excluding carboxylic acids is 2. The number of amides is 2. The van der Waals surface area contributed by atoms with Crippen molar-refractivity contribution in [3.8, 4) is 0 Å². The molecule has 1 aliphatic heterocycles. The number of nitrogens with two attached hydrogens (primary N) is 1. The highest BCUT2D eigenvalue weighted by molar-refractivity contribution is 5.97. The predicted octanol–water partition coefficient (Wildman–Crippen LogP) is 1.95. The van der Waals surface area contributed by atoms with E-state index in [9.17, 15) is 9.59 Å². The number of nitrogens with one attached hydrogen (secondary N) is 1. The minimum atomic E-state index is -0.516. The van der Waals surface area contributed by atoms with E-state index in [1.807, 2.05) is 44.7 Å². The van der Waals surface area contributed by atoms with Gasteiger partial charge in [-0.3, -0.25) is 9.59 Å². The molecule has 2 rings (SSSR count). The Kier molecular flexibility index (Phi) is 5.99. The van der Waals surface area contributed by atoms with Crippen molar-refractivity contribution in [2.45, 2.75) is 46.2 Å². The van der Waals surface area contributed by atoms with Crippen molar-refractivity contribution in [2.24, 2.45) is 17.6 Å². The van der Waals surface area contributed by atoms with Crippen molar-refractivity contribution in [3.05, 3.63) is 35.4 Å². The molecule has 0 radical (unpaired) electrons. The Labute approximate surface area is 144 Å². The van der Waals surface area contributed by atoms with Crippen LogP contribution in [-0.4, -0.2) is 41.9 Å². The second kappa shape index (κ2) is 7.79. The van der Waals surface area contributed by atoms with Gasteiger partial charge in [0, 0.05) is 18.2 Å². The van der Waals surface area contributed by atoms with E-state index in [4.69, 9.17) is 5.73 Å². The fourth-order valence-electron chi connectivity index (χ4n) is 3.24. The molecule has 2 amide bonds. The molecule has 1 aromatic rings. The maximum atomic E-state index is 13.0. The van der Waals surface area contributed by atoms with Gasteiger partial charge in [0.25, 0.3) is 5.91 Å². The van der Waals surface area contributed by atoms with E-state index in [0.29, 0.717) is 24.6 Å². The second-order valence-corrected chi connectivity index (χ2v) is 7.24. The molecule has 132 valence electrons. The summed E-state index contributed by atoms with van der Waals surface area (Å²) >= 11 is 0. The third kappa shape index (κ3) is 4.15. The summed E-state index contributed by atoms with van der Waals surface area (Å²) in [5, 5.41) is 2.92. The molecule has 0 spiro atoms. The minimum Gasteiger partial charge on any atom is -0.340 e. The van der Waals surface area contributed by atoms with Crippen LogP contribution in [0.2, 0.25) is 0 Å². The molecule has 0 aromatic heterocycles. The lowest BCUT2D eigenvalue weighted by Gasteiger charge is -2.29. The lowest BCUT2D eigenvalue weighted by molar-refractivity contribution is -0.135. The van der Waals surface area contributed by atoms with Gasteiger partial charge in [-0.05, 0) is 50.8 Å². The standard InChI is InChI=1S/C19H29N3O2/c1-12(2)17(19(24)22-11-15(10-20)9-14(22)4)21-18(23)16-7-5-13(3)6-8-16/h5-8,12,14-15,17H,9-11,20H2,1-4H3,(H,21,23). The van der Waals surface area contributed by atoms with Gasteiger partial charge < -0.3 is 16.0 Å². The van der Waals surface area contributed by atoms with Crippen LogP contribution >= 0.6 is 0 Å². The first-order chi connectivity index (χ1) is 11.3. The molecule has 24 heavy (non-hydrogen) atoms. The Morgan fingerprint density at radius 1 is 1.29 bits per heavy atom. The van der Waals surface area contributed by atoms with Gasteiger partial charge in [-0.2, -0.15) is 0 Å². The number of hydrogen-bond acceptors (Lipinski definition) is 3. The topological polar surface area (TPSA) is 75.4 Å². The predicted molar refractivity (Wildman–Crippen MR) is 95.6 cm³/mol. The van der Waals surface area contributed by atoms with E-state index in [2.05, 4.69) is 5.32 Å². The van der Waals surface area contributed by atoms with Gasteiger partial charge in [-0.25, -0.2) is 0 Å². The Balaban J connectivity index is 2.10. The largest absolute Gasteiger partial charge is 0.340 e.